The minimum absolute atomic E-state index is 0.0155. The third-order valence-electron chi connectivity index (χ3n) is 4.37. The molecule has 0 N–H and O–H groups in total. The van der Waals surface area contributed by atoms with Gasteiger partial charge in [-0.1, -0.05) is 33.4 Å². The Morgan fingerprint density at radius 3 is 2.46 bits per heavy atom. The van der Waals surface area contributed by atoms with Crippen molar-refractivity contribution < 1.29 is 23.5 Å². The van der Waals surface area contributed by atoms with Gasteiger partial charge in [0.05, 0.1) is 6.61 Å². The monoisotopic (exact) mass is 383 g/mol. The van der Waals surface area contributed by atoms with Crippen LogP contribution in [0.25, 0.3) is 0 Å². The Bertz CT molecular complexity index is 541. The molecular formula is C19H33NO5Si. The molecule has 1 heterocycles. The molecule has 1 aliphatic rings. The number of carbonyl (C=O) groups excluding carboxylic acids is 2. The second-order valence-corrected chi connectivity index (χ2v) is 10.2. The maximum Gasteiger partial charge on any atom is 0.412 e. The van der Waals surface area contributed by atoms with Crippen LogP contribution in [0.3, 0.4) is 0 Å². The largest absolute Gasteiger partial charge is 0.463 e. The van der Waals surface area contributed by atoms with Gasteiger partial charge in [0.2, 0.25) is 0 Å². The van der Waals surface area contributed by atoms with Crippen LogP contribution in [0, 0.1) is 11.3 Å². The van der Waals surface area contributed by atoms with E-state index in [-0.39, 0.29) is 17.9 Å². The van der Waals surface area contributed by atoms with Crippen LogP contribution in [-0.4, -0.2) is 51.5 Å². The predicted octanol–water partition coefficient (Wildman–Crippen LogP) is 3.49. The average molecular weight is 384 g/mol. The second kappa shape index (κ2) is 9.37. The SMILES string of the molecule is C=CCOC(=O)N1C[C@@H](C(C)(C)C)C[C@@]1(/C=C/C(=O)OCC)O[SiH](C)C. The fourth-order valence-corrected chi connectivity index (χ4v) is 4.14. The lowest BCUT2D eigenvalue weighted by Crippen LogP contribution is -2.50. The van der Waals surface area contributed by atoms with E-state index >= 15 is 0 Å². The number of hydrogen-bond donors (Lipinski definition) is 0. The van der Waals surface area contributed by atoms with Gasteiger partial charge in [0, 0.05) is 19.0 Å². The van der Waals surface area contributed by atoms with Gasteiger partial charge in [-0.2, -0.15) is 0 Å². The minimum Gasteiger partial charge on any atom is -0.463 e. The van der Waals surface area contributed by atoms with Gasteiger partial charge in [-0.25, -0.2) is 9.59 Å². The van der Waals surface area contributed by atoms with Crippen molar-refractivity contribution in [2.24, 2.45) is 11.3 Å². The first kappa shape index (κ1) is 22.4. The summed E-state index contributed by atoms with van der Waals surface area (Å²) in [7, 11) is -1.53. The first-order valence-electron chi connectivity index (χ1n) is 9.14. The molecule has 7 heteroatoms. The zero-order chi connectivity index (χ0) is 20.0. The van der Waals surface area contributed by atoms with Crippen molar-refractivity contribution in [1.29, 1.82) is 0 Å². The lowest BCUT2D eigenvalue weighted by molar-refractivity contribution is -0.137. The summed E-state index contributed by atoms with van der Waals surface area (Å²) in [6.07, 6.45) is 4.71. The molecule has 2 atom stereocenters. The number of carbonyl (C=O) groups is 2. The van der Waals surface area contributed by atoms with Crippen molar-refractivity contribution in [3.8, 4) is 0 Å². The van der Waals surface area contributed by atoms with E-state index in [1.807, 2.05) is 13.1 Å². The van der Waals surface area contributed by atoms with E-state index in [0.717, 1.165) is 0 Å². The van der Waals surface area contributed by atoms with Crippen LogP contribution in [0.15, 0.2) is 24.8 Å². The highest BCUT2D eigenvalue weighted by Crippen LogP contribution is 2.44. The summed E-state index contributed by atoms with van der Waals surface area (Å²) in [5.74, 6) is -0.238. The van der Waals surface area contributed by atoms with Crippen molar-refractivity contribution in [1.82, 2.24) is 4.90 Å². The topological polar surface area (TPSA) is 65.1 Å². The number of nitrogens with zero attached hydrogens (tertiary/aromatic N) is 1. The highest BCUT2D eigenvalue weighted by atomic mass is 28.3. The molecule has 0 aromatic carbocycles. The molecule has 1 saturated heterocycles. The number of esters is 1. The van der Waals surface area contributed by atoms with Gasteiger partial charge < -0.3 is 13.9 Å². The van der Waals surface area contributed by atoms with Crippen LogP contribution in [0.4, 0.5) is 4.79 Å². The Morgan fingerprint density at radius 1 is 1.31 bits per heavy atom. The van der Waals surface area contributed by atoms with Crippen molar-refractivity contribution in [3.63, 3.8) is 0 Å². The molecule has 0 aromatic heterocycles. The summed E-state index contributed by atoms with van der Waals surface area (Å²) in [5, 5.41) is 0. The van der Waals surface area contributed by atoms with Gasteiger partial charge in [-0.3, -0.25) is 4.90 Å². The van der Waals surface area contributed by atoms with Crippen molar-refractivity contribution in [2.45, 2.75) is 52.9 Å². The predicted molar refractivity (Wildman–Crippen MR) is 104 cm³/mol. The Morgan fingerprint density at radius 2 is 1.96 bits per heavy atom. The number of hydrogen-bond acceptors (Lipinski definition) is 5. The van der Waals surface area contributed by atoms with Crippen LogP contribution in [0.2, 0.25) is 13.1 Å². The van der Waals surface area contributed by atoms with Gasteiger partial charge >= 0.3 is 12.1 Å². The summed E-state index contributed by atoms with van der Waals surface area (Å²) < 4.78 is 16.6. The van der Waals surface area contributed by atoms with E-state index in [1.54, 1.807) is 17.9 Å². The molecule has 1 aliphatic heterocycles. The van der Waals surface area contributed by atoms with Gasteiger partial charge in [0.1, 0.15) is 6.61 Å². The zero-order valence-electron chi connectivity index (χ0n) is 16.9. The maximum atomic E-state index is 12.7. The van der Waals surface area contributed by atoms with E-state index in [9.17, 15) is 9.59 Å². The molecule has 148 valence electrons. The number of ether oxygens (including phenoxy) is 2. The van der Waals surface area contributed by atoms with Crippen LogP contribution >= 0.6 is 0 Å². The lowest BCUT2D eigenvalue weighted by Gasteiger charge is -2.37. The highest BCUT2D eigenvalue weighted by Gasteiger charge is 2.51. The summed E-state index contributed by atoms with van der Waals surface area (Å²) in [6, 6.07) is 0. The standard InChI is InChI=1S/C19H33NO5Si/c1-8-12-24-17(22)20-14-15(18(3,4)5)13-19(20,25-26(6)7)11-10-16(21)23-9-2/h8,10-11,15,26H,1,9,12-14H2,2-7H3/b11-10+/t15-,19+/m0/s1. The third kappa shape index (κ3) is 5.98. The van der Waals surface area contributed by atoms with E-state index in [1.165, 1.54) is 12.2 Å². The smallest absolute Gasteiger partial charge is 0.412 e. The molecule has 1 amide bonds. The van der Waals surface area contributed by atoms with Gasteiger partial charge in [-0.15, -0.1) is 0 Å². The van der Waals surface area contributed by atoms with E-state index in [0.29, 0.717) is 19.6 Å². The second-order valence-electron chi connectivity index (χ2n) is 7.84. The summed E-state index contributed by atoms with van der Waals surface area (Å²) >= 11 is 0. The minimum atomic E-state index is -1.53. The molecule has 0 spiro atoms. The number of amides is 1. The Balaban J connectivity index is 3.25. The van der Waals surface area contributed by atoms with Crippen molar-refractivity contribution >= 4 is 21.1 Å². The maximum absolute atomic E-state index is 12.7. The summed E-state index contributed by atoms with van der Waals surface area (Å²) in [6.45, 7) is 16.8. The number of likely N-dealkylation sites (tertiary alicyclic amines) is 1. The molecule has 0 aromatic rings. The molecule has 1 fully saturated rings. The van der Waals surface area contributed by atoms with Crippen LogP contribution in [0.5, 0.6) is 0 Å². The van der Waals surface area contributed by atoms with Crippen LogP contribution in [0.1, 0.15) is 34.1 Å². The fourth-order valence-electron chi connectivity index (χ4n) is 3.03. The summed E-state index contributed by atoms with van der Waals surface area (Å²) in [5.41, 5.74) is -0.998. The quantitative estimate of drug-likeness (QED) is 0.291. The van der Waals surface area contributed by atoms with E-state index < -0.39 is 26.8 Å². The van der Waals surface area contributed by atoms with Gasteiger partial charge in [0.15, 0.2) is 14.8 Å². The average Bonchev–Trinajstić information content (AvgIpc) is 2.90. The molecule has 0 bridgehead atoms. The number of rotatable bonds is 7. The normalized spacial score (nSPS) is 23.5. The molecule has 26 heavy (non-hydrogen) atoms. The molecule has 0 aliphatic carbocycles. The van der Waals surface area contributed by atoms with Gasteiger partial charge in [-0.05, 0) is 37.4 Å². The fraction of sp³-hybridized carbons (Fsp3) is 0.684. The molecule has 6 nitrogen and oxygen atoms in total. The first-order chi connectivity index (χ1) is 12.1. The summed E-state index contributed by atoms with van der Waals surface area (Å²) in [4.78, 5) is 26.1. The lowest BCUT2D eigenvalue weighted by atomic mass is 9.79. The van der Waals surface area contributed by atoms with Gasteiger partial charge in [0.25, 0.3) is 0 Å². The van der Waals surface area contributed by atoms with Crippen molar-refractivity contribution in [2.75, 3.05) is 19.8 Å². The first-order valence-corrected chi connectivity index (χ1v) is 11.9. The molecular weight excluding hydrogens is 350 g/mol. The molecule has 0 unspecified atom stereocenters. The molecule has 0 radical (unpaired) electrons. The Hall–Kier alpha value is -1.60. The van der Waals surface area contributed by atoms with E-state index in [2.05, 4.69) is 27.4 Å². The van der Waals surface area contributed by atoms with Crippen LogP contribution in [-0.2, 0) is 18.7 Å². The Labute approximate surface area is 158 Å². The van der Waals surface area contributed by atoms with E-state index in [4.69, 9.17) is 13.9 Å². The third-order valence-corrected chi connectivity index (χ3v) is 5.25. The van der Waals surface area contributed by atoms with Crippen molar-refractivity contribution in [3.05, 3.63) is 24.8 Å². The molecule has 1 rings (SSSR count). The Kier molecular flexibility index (Phi) is 8.08. The zero-order valence-corrected chi connectivity index (χ0v) is 18.1. The highest BCUT2D eigenvalue weighted by molar-refractivity contribution is 6.48. The molecule has 0 saturated carbocycles. The van der Waals surface area contributed by atoms with Crippen LogP contribution < -0.4 is 0 Å².